The van der Waals surface area contributed by atoms with Gasteiger partial charge < -0.3 is 15.4 Å². The van der Waals surface area contributed by atoms with Crippen molar-refractivity contribution in [2.75, 3.05) is 4.90 Å². The molecule has 2 N–H and O–H groups in total. The van der Waals surface area contributed by atoms with Crippen LogP contribution in [0, 0.1) is 0 Å². The average molecular weight is 402 g/mol. The van der Waals surface area contributed by atoms with Gasteiger partial charge in [-0.3, -0.25) is 0 Å². The first kappa shape index (κ1) is 18.3. The van der Waals surface area contributed by atoms with Gasteiger partial charge in [0.2, 0.25) is 5.88 Å². The van der Waals surface area contributed by atoms with Crippen molar-refractivity contribution in [2.45, 2.75) is 36.1 Å². The molecule has 1 aliphatic heterocycles. The van der Waals surface area contributed by atoms with Gasteiger partial charge in [0.25, 0.3) is 0 Å². The highest BCUT2D eigenvalue weighted by molar-refractivity contribution is 8.00. The van der Waals surface area contributed by atoms with Crippen molar-refractivity contribution in [2.24, 2.45) is 5.73 Å². The van der Waals surface area contributed by atoms with Crippen molar-refractivity contribution in [3.05, 3.63) is 78.5 Å². The van der Waals surface area contributed by atoms with Crippen molar-refractivity contribution in [1.82, 2.24) is 4.98 Å². The van der Waals surface area contributed by atoms with Crippen LogP contribution in [0.3, 0.4) is 0 Å². The monoisotopic (exact) mass is 401 g/mol. The van der Waals surface area contributed by atoms with E-state index in [9.17, 15) is 0 Å². The van der Waals surface area contributed by atoms with Crippen LogP contribution in [0.1, 0.15) is 31.2 Å². The molecule has 0 spiro atoms. The van der Waals surface area contributed by atoms with Crippen LogP contribution < -0.4 is 15.4 Å². The fourth-order valence-electron chi connectivity index (χ4n) is 3.95. The number of hydrogen-bond donors (Lipinski definition) is 1. The number of nitrogens with two attached hydrogens (primary N) is 1. The highest BCUT2D eigenvalue weighted by atomic mass is 32.2. The van der Waals surface area contributed by atoms with Crippen LogP contribution in [0.5, 0.6) is 11.6 Å². The number of thioether (sulfide) groups is 1. The lowest BCUT2D eigenvalue weighted by atomic mass is 9.94. The van der Waals surface area contributed by atoms with E-state index in [0.29, 0.717) is 5.88 Å². The Morgan fingerprint density at radius 2 is 1.86 bits per heavy atom. The number of ether oxygens (including phenoxy) is 1. The molecule has 1 aliphatic carbocycles. The summed E-state index contributed by atoms with van der Waals surface area (Å²) in [5, 5.41) is 0. The summed E-state index contributed by atoms with van der Waals surface area (Å²) in [7, 11) is 0. The van der Waals surface area contributed by atoms with Crippen molar-refractivity contribution in [1.29, 1.82) is 0 Å². The molecule has 5 rings (SSSR count). The molecule has 1 aromatic heterocycles. The molecule has 0 fully saturated rings. The maximum atomic E-state index is 6.37. The van der Waals surface area contributed by atoms with E-state index in [4.69, 9.17) is 10.5 Å². The number of allylic oxidation sites excluding steroid dienone is 2. The zero-order valence-electron chi connectivity index (χ0n) is 16.1. The van der Waals surface area contributed by atoms with E-state index in [0.717, 1.165) is 35.5 Å². The number of hydrogen-bond acceptors (Lipinski definition) is 5. The summed E-state index contributed by atoms with van der Waals surface area (Å²) < 4.78 is 6.17. The molecule has 0 bridgehead atoms. The van der Waals surface area contributed by atoms with Gasteiger partial charge >= 0.3 is 0 Å². The van der Waals surface area contributed by atoms with Crippen LogP contribution in [-0.2, 0) is 0 Å². The molecule has 0 radical (unpaired) electrons. The maximum absolute atomic E-state index is 6.37. The Labute approximate surface area is 175 Å². The van der Waals surface area contributed by atoms with Crippen molar-refractivity contribution in [3.63, 3.8) is 0 Å². The van der Waals surface area contributed by atoms with E-state index < -0.39 is 0 Å². The number of fused-ring (bicyclic) bond motifs is 1. The fraction of sp³-hybridized carbons (Fsp3) is 0.208. The molecule has 146 valence electrons. The lowest BCUT2D eigenvalue weighted by Crippen LogP contribution is -2.31. The van der Waals surface area contributed by atoms with E-state index in [-0.39, 0.29) is 5.50 Å². The molecule has 0 saturated carbocycles. The molecule has 0 amide bonds. The lowest BCUT2D eigenvalue weighted by Gasteiger charge is -2.24. The van der Waals surface area contributed by atoms with Crippen LogP contribution in [-0.4, -0.2) is 10.5 Å². The molecule has 1 unspecified atom stereocenters. The van der Waals surface area contributed by atoms with E-state index in [2.05, 4.69) is 46.3 Å². The van der Waals surface area contributed by atoms with Crippen molar-refractivity contribution in [3.8, 4) is 11.6 Å². The molecule has 29 heavy (non-hydrogen) atoms. The predicted octanol–water partition coefficient (Wildman–Crippen LogP) is 6.32. The van der Waals surface area contributed by atoms with Gasteiger partial charge in [-0.2, -0.15) is 0 Å². The molecule has 5 heteroatoms. The second-order valence-electron chi connectivity index (χ2n) is 7.27. The summed E-state index contributed by atoms with van der Waals surface area (Å²) in [6, 6.07) is 20.5. The SMILES string of the molecule is NC1Sc2ccccc2N1c1ccc(Oc2ncccc2C2=CCCCC2)cc1. The number of rotatable bonds is 4. The number of aromatic nitrogens is 1. The fourth-order valence-corrected chi connectivity index (χ4v) is 4.99. The van der Waals surface area contributed by atoms with Crippen LogP contribution in [0.25, 0.3) is 5.57 Å². The highest BCUT2D eigenvalue weighted by Gasteiger charge is 2.28. The number of para-hydroxylation sites is 1. The number of nitrogens with zero attached hydrogens (tertiary/aromatic N) is 2. The van der Waals surface area contributed by atoms with Gasteiger partial charge in [0, 0.05) is 22.3 Å². The minimum absolute atomic E-state index is 0.125. The summed E-state index contributed by atoms with van der Waals surface area (Å²) in [4.78, 5) is 7.86. The van der Waals surface area contributed by atoms with E-state index in [1.165, 1.54) is 23.3 Å². The molecule has 3 aromatic rings. The quantitative estimate of drug-likeness (QED) is 0.554. The summed E-state index contributed by atoms with van der Waals surface area (Å²) in [5.74, 6) is 1.45. The number of pyridine rings is 1. The smallest absolute Gasteiger partial charge is 0.226 e. The Hall–Kier alpha value is -2.76. The molecular weight excluding hydrogens is 378 g/mol. The first-order chi connectivity index (χ1) is 14.3. The van der Waals surface area contributed by atoms with Gasteiger partial charge in [0.1, 0.15) is 11.2 Å². The molecule has 2 aromatic carbocycles. The van der Waals surface area contributed by atoms with E-state index in [1.807, 2.05) is 30.3 Å². The van der Waals surface area contributed by atoms with Crippen molar-refractivity contribution < 1.29 is 4.74 Å². The summed E-state index contributed by atoms with van der Waals surface area (Å²) in [6.07, 6.45) is 8.82. The number of benzene rings is 2. The maximum Gasteiger partial charge on any atom is 0.226 e. The predicted molar refractivity (Wildman–Crippen MR) is 120 cm³/mol. The Balaban J connectivity index is 1.39. The van der Waals surface area contributed by atoms with Gasteiger partial charge in [0.05, 0.1) is 5.69 Å². The molecule has 2 heterocycles. The number of anilines is 2. The zero-order valence-corrected chi connectivity index (χ0v) is 16.9. The Morgan fingerprint density at radius 3 is 2.69 bits per heavy atom. The first-order valence-electron chi connectivity index (χ1n) is 10.0. The Bertz CT molecular complexity index is 1050. The van der Waals surface area contributed by atoms with Gasteiger partial charge in [-0.1, -0.05) is 30.0 Å². The van der Waals surface area contributed by atoms with Gasteiger partial charge in [-0.25, -0.2) is 4.98 Å². The van der Waals surface area contributed by atoms with Crippen LogP contribution in [0.2, 0.25) is 0 Å². The molecular formula is C24H23N3OS. The van der Waals surface area contributed by atoms with E-state index in [1.54, 1.807) is 18.0 Å². The largest absolute Gasteiger partial charge is 0.438 e. The molecule has 0 saturated heterocycles. The van der Waals surface area contributed by atoms with E-state index >= 15 is 0 Å². The molecule has 4 nitrogen and oxygen atoms in total. The Kier molecular flexibility index (Phi) is 5.00. The normalized spacial score (nSPS) is 18.3. The third-order valence-corrected chi connectivity index (χ3v) is 6.42. The standard InChI is InChI=1S/C24H23N3OS/c25-24-27(21-10-4-5-11-22(21)29-24)18-12-14-19(15-13-18)28-23-20(9-6-16-26-23)17-7-2-1-3-8-17/h4-7,9-16,24H,1-3,8,25H2. The summed E-state index contributed by atoms with van der Waals surface area (Å²) in [5.41, 5.74) is 10.9. The second-order valence-corrected chi connectivity index (χ2v) is 8.43. The Morgan fingerprint density at radius 1 is 1.00 bits per heavy atom. The van der Waals surface area contributed by atoms with Gasteiger partial charge in [-0.05, 0) is 79.8 Å². The highest BCUT2D eigenvalue weighted by Crippen LogP contribution is 2.45. The topological polar surface area (TPSA) is 51.4 Å². The van der Waals surface area contributed by atoms with Crippen LogP contribution in [0.4, 0.5) is 11.4 Å². The first-order valence-corrected chi connectivity index (χ1v) is 10.9. The third-order valence-electron chi connectivity index (χ3n) is 5.36. The summed E-state index contributed by atoms with van der Waals surface area (Å²) >= 11 is 1.67. The minimum Gasteiger partial charge on any atom is -0.438 e. The third kappa shape index (κ3) is 3.63. The van der Waals surface area contributed by atoms with Gasteiger partial charge in [-0.15, -0.1) is 0 Å². The lowest BCUT2D eigenvalue weighted by molar-refractivity contribution is 0.461. The van der Waals surface area contributed by atoms with Crippen LogP contribution in [0.15, 0.2) is 77.8 Å². The molecule has 2 aliphatic rings. The van der Waals surface area contributed by atoms with Gasteiger partial charge in [0.15, 0.2) is 0 Å². The minimum atomic E-state index is -0.125. The van der Waals surface area contributed by atoms with Crippen molar-refractivity contribution >= 4 is 28.7 Å². The molecule has 1 atom stereocenters. The zero-order chi connectivity index (χ0) is 19.6. The average Bonchev–Trinajstić information content (AvgIpc) is 3.11. The summed E-state index contributed by atoms with van der Waals surface area (Å²) in [6.45, 7) is 0. The second kappa shape index (κ2) is 7.93. The van der Waals surface area contributed by atoms with Crippen LogP contribution >= 0.6 is 11.8 Å².